The van der Waals surface area contributed by atoms with E-state index in [4.69, 9.17) is 4.74 Å². The Labute approximate surface area is 176 Å². The van der Waals surface area contributed by atoms with Gasteiger partial charge in [-0.2, -0.15) is 0 Å². The summed E-state index contributed by atoms with van der Waals surface area (Å²) in [5.41, 5.74) is 2.58. The first kappa shape index (κ1) is 22.9. The van der Waals surface area contributed by atoms with Crippen LogP contribution in [-0.2, 0) is 16.8 Å². The van der Waals surface area contributed by atoms with E-state index in [1.807, 2.05) is 6.07 Å². The first-order chi connectivity index (χ1) is 13.1. The molecule has 0 radical (unpaired) electrons. The van der Waals surface area contributed by atoms with Gasteiger partial charge in [-0.3, -0.25) is 4.90 Å². The Morgan fingerprint density at radius 2 is 1.61 bits per heavy atom. The van der Waals surface area contributed by atoms with Crippen LogP contribution < -0.4 is 0 Å². The normalized spacial score (nSPS) is 18.3. The van der Waals surface area contributed by atoms with E-state index in [0.717, 1.165) is 44.8 Å². The second-order valence-electron chi connectivity index (χ2n) is 7.91. The molecule has 28 heavy (non-hydrogen) atoms. The van der Waals surface area contributed by atoms with Crippen LogP contribution in [0.2, 0.25) is 0 Å². The SMILES string of the molecule is CCc1ccc(C(O)(C(C)C)C(CN2CCOCC2)c2ccccc2)cc1.Cl. The minimum Gasteiger partial charge on any atom is -0.384 e. The van der Waals surface area contributed by atoms with Crippen molar-refractivity contribution >= 4 is 12.4 Å². The second-order valence-corrected chi connectivity index (χ2v) is 7.91. The number of morpholine rings is 1. The lowest BCUT2D eigenvalue weighted by atomic mass is 9.70. The second kappa shape index (κ2) is 10.4. The van der Waals surface area contributed by atoms with Gasteiger partial charge in [-0.05, 0) is 29.0 Å². The number of benzene rings is 2. The zero-order valence-corrected chi connectivity index (χ0v) is 18.1. The fourth-order valence-electron chi connectivity index (χ4n) is 4.17. The molecule has 2 aromatic carbocycles. The monoisotopic (exact) mass is 403 g/mol. The van der Waals surface area contributed by atoms with Crippen molar-refractivity contribution in [2.24, 2.45) is 5.92 Å². The molecule has 0 saturated carbocycles. The van der Waals surface area contributed by atoms with Gasteiger partial charge in [0.15, 0.2) is 0 Å². The number of rotatable bonds is 7. The maximum atomic E-state index is 12.1. The van der Waals surface area contributed by atoms with Crippen LogP contribution in [0.4, 0.5) is 0 Å². The van der Waals surface area contributed by atoms with E-state index in [2.05, 4.69) is 74.2 Å². The molecule has 0 spiro atoms. The fraction of sp³-hybridized carbons (Fsp3) is 0.500. The van der Waals surface area contributed by atoms with Crippen LogP contribution in [0.25, 0.3) is 0 Å². The Morgan fingerprint density at radius 3 is 2.14 bits per heavy atom. The molecule has 2 unspecified atom stereocenters. The first-order valence-corrected chi connectivity index (χ1v) is 10.2. The van der Waals surface area contributed by atoms with Crippen LogP contribution in [0.1, 0.15) is 43.4 Å². The molecule has 3 nitrogen and oxygen atoms in total. The van der Waals surface area contributed by atoms with Crippen LogP contribution in [-0.4, -0.2) is 42.9 Å². The van der Waals surface area contributed by atoms with Crippen LogP contribution in [0.15, 0.2) is 54.6 Å². The minimum atomic E-state index is -0.925. The molecule has 2 aromatic rings. The molecular weight excluding hydrogens is 370 g/mol. The van der Waals surface area contributed by atoms with Gasteiger partial charge in [0.2, 0.25) is 0 Å². The van der Waals surface area contributed by atoms with Gasteiger partial charge in [-0.15, -0.1) is 12.4 Å². The molecule has 2 atom stereocenters. The van der Waals surface area contributed by atoms with Gasteiger partial charge in [0, 0.05) is 25.6 Å². The Hall–Kier alpha value is -1.39. The third kappa shape index (κ3) is 4.96. The third-order valence-electron chi connectivity index (χ3n) is 5.98. The summed E-state index contributed by atoms with van der Waals surface area (Å²) < 4.78 is 5.53. The highest BCUT2D eigenvalue weighted by Crippen LogP contribution is 2.43. The van der Waals surface area contributed by atoms with Crippen molar-refractivity contribution in [3.63, 3.8) is 0 Å². The molecule has 0 amide bonds. The van der Waals surface area contributed by atoms with Crippen molar-refractivity contribution in [3.05, 3.63) is 71.3 Å². The van der Waals surface area contributed by atoms with Crippen LogP contribution in [0, 0.1) is 5.92 Å². The largest absolute Gasteiger partial charge is 0.384 e. The summed E-state index contributed by atoms with van der Waals surface area (Å²) in [6.45, 7) is 10.6. The van der Waals surface area contributed by atoms with Gasteiger partial charge >= 0.3 is 0 Å². The topological polar surface area (TPSA) is 32.7 Å². The zero-order valence-electron chi connectivity index (χ0n) is 17.3. The van der Waals surface area contributed by atoms with Gasteiger partial charge in [0.05, 0.1) is 18.8 Å². The number of halogens is 1. The van der Waals surface area contributed by atoms with E-state index < -0.39 is 5.60 Å². The summed E-state index contributed by atoms with van der Waals surface area (Å²) in [5, 5.41) is 12.1. The molecule has 154 valence electrons. The van der Waals surface area contributed by atoms with Crippen LogP contribution >= 0.6 is 12.4 Å². The minimum absolute atomic E-state index is 0. The predicted molar refractivity (Wildman–Crippen MR) is 118 cm³/mol. The molecule has 1 aliphatic rings. The Kier molecular flexibility index (Phi) is 8.51. The fourth-order valence-corrected chi connectivity index (χ4v) is 4.17. The van der Waals surface area contributed by atoms with Crippen LogP contribution in [0.3, 0.4) is 0 Å². The summed E-state index contributed by atoms with van der Waals surface area (Å²) in [7, 11) is 0. The Morgan fingerprint density at radius 1 is 1.00 bits per heavy atom. The van der Waals surface area contributed by atoms with E-state index >= 15 is 0 Å². The van der Waals surface area contributed by atoms with E-state index in [1.54, 1.807) is 0 Å². The van der Waals surface area contributed by atoms with Gasteiger partial charge in [0.1, 0.15) is 0 Å². The van der Waals surface area contributed by atoms with Crippen molar-refractivity contribution in [2.75, 3.05) is 32.8 Å². The van der Waals surface area contributed by atoms with Gasteiger partial charge in [-0.25, -0.2) is 0 Å². The molecule has 0 aliphatic carbocycles. The number of ether oxygens (including phenoxy) is 1. The van der Waals surface area contributed by atoms with E-state index in [-0.39, 0.29) is 24.2 Å². The first-order valence-electron chi connectivity index (χ1n) is 10.2. The summed E-state index contributed by atoms with van der Waals surface area (Å²) in [6.07, 6.45) is 1.01. The lowest BCUT2D eigenvalue weighted by molar-refractivity contribution is -0.0547. The maximum Gasteiger partial charge on any atom is 0.0999 e. The summed E-state index contributed by atoms with van der Waals surface area (Å²) in [4.78, 5) is 2.43. The number of aryl methyl sites for hydroxylation is 1. The molecule has 1 N–H and O–H groups in total. The standard InChI is InChI=1S/C24H33NO2.ClH/c1-4-20-10-12-22(13-11-20)24(26,19(2)3)23(21-8-6-5-7-9-21)18-25-14-16-27-17-15-25;/h5-13,19,23,26H,4,14-18H2,1-3H3;1H. The third-order valence-corrected chi connectivity index (χ3v) is 5.98. The van der Waals surface area contributed by atoms with E-state index in [9.17, 15) is 5.11 Å². The van der Waals surface area contributed by atoms with Crippen molar-refractivity contribution in [3.8, 4) is 0 Å². The zero-order chi connectivity index (χ0) is 19.3. The molecule has 1 saturated heterocycles. The smallest absolute Gasteiger partial charge is 0.0999 e. The number of hydrogen-bond donors (Lipinski definition) is 1. The number of hydrogen-bond acceptors (Lipinski definition) is 3. The lowest BCUT2D eigenvalue weighted by Gasteiger charge is -2.43. The molecule has 1 aliphatic heterocycles. The molecule has 1 heterocycles. The summed E-state index contributed by atoms with van der Waals surface area (Å²) in [5.74, 6) is 0.0977. The molecule has 4 heteroatoms. The van der Waals surface area contributed by atoms with E-state index in [0.29, 0.717) is 0 Å². The van der Waals surface area contributed by atoms with Crippen molar-refractivity contribution in [1.29, 1.82) is 0 Å². The quantitative estimate of drug-likeness (QED) is 0.731. The summed E-state index contributed by atoms with van der Waals surface area (Å²) in [6, 6.07) is 19.0. The molecule has 3 rings (SSSR count). The highest BCUT2D eigenvalue weighted by molar-refractivity contribution is 5.85. The Balaban J connectivity index is 0.00000280. The van der Waals surface area contributed by atoms with Crippen LogP contribution in [0.5, 0.6) is 0 Å². The predicted octanol–water partition coefficient (Wildman–Crippen LogP) is 4.63. The van der Waals surface area contributed by atoms with E-state index in [1.165, 1.54) is 11.1 Å². The summed E-state index contributed by atoms with van der Waals surface area (Å²) >= 11 is 0. The lowest BCUT2D eigenvalue weighted by Crippen LogP contribution is -2.47. The van der Waals surface area contributed by atoms with Gasteiger partial charge in [0.25, 0.3) is 0 Å². The molecule has 0 aromatic heterocycles. The van der Waals surface area contributed by atoms with Crippen molar-refractivity contribution < 1.29 is 9.84 Å². The average molecular weight is 404 g/mol. The number of nitrogens with zero attached hydrogens (tertiary/aromatic N) is 1. The maximum absolute atomic E-state index is 12.1. The Bertz CT molecular complexity index is 698. The molecule has 0 bridgehead atoms. The van der Waals surface area contributed by atoms with Crippen molar-refractivity contribution in [1.82, 2.24) is 4.90 Å². The highest BCUT2D eigenvalue weighted by Gasteiger charge is 2.43. The van der Waals surface area contributed by atoms with Gasteiger partial charge < -0.3 is 9.84 Å². The van der Waals surface area contributed by atoms with Crippen molar-refractivity contribution in [2.45, 2.75) is 38.7 Å². The highest BCUT2D eigenvalue weighted by atomic mass is 35.5. The average Bonchev–Trinajstić information content (AvgIpc) is 2.73. The molecule has 1 fully saturated rings. The molecular formula is C24H34ClNO2. The number of aliphatic hydroxyl groups is 1. The van der Waals surface area contributed by atoms with Gasteiger partial charge in [-0.1, -0.05) is 75.4 Å².